The summed E-state index contributed by atoms with van der Waals surface area (Å²) in [4.78, 5) is 11.7. The van der Waals surface area contributed by atoms with Crippen LogP contribution in [0.1, 0.15) is 6.92 Å². The molecule has 0 aliphatic heterocycles. The fraction of sp³-hybridized carbons (Fsp3) is 0.154. The molecule has 0 N–H and O–H groups in total. The summed E-state index contributed by atoms with van der Waals surface area (Å²) < 4.78 is 0. The summed E-state index contributed by atoms with van der Waals surface area (Å²) in [5.74, 6) is 0. The van der Waals surface area contributed by atoms with E-state index in [2.05, 4.69) is 30.3 Å². The van der Waals surface area contributed by atoms with Crippen LogP contribution in [0.4, 0.5) is 0 Å². The van der Waals surface area contributed by atoms with Crippen molar-refractivity contribution in [1.82, 2.24) is 0 Å². The van der Waals surface area contributed by atoms with E-state index in [4.69, 9.17) is 0 Å². The first-order valence-electron chi connectivity index (χ1n) is 4.90. The highest BCUT2D eigenvalue weighted by molar-refractivity contribution is 8.00. The van der Waals surface area contributed by atoms with Gasteiger partial charge in [0.1, 0.15) is 6.29 Å². The van der Waals surface area contributed by atoms with E-state index in [0.717, 1.165) is 11.2 Å². The van der Waals surface area contributed by atoms with Crippen LogP contribution in [0.5, 0.6) is 0 Å². The zero-order valence-electron chi connectivity index (χ0n) is 8.51. The molecule has 1 nitrogen and oxygen atoms in total. The third-order valence-electron chi connectivity index (χ3n) is 2.23. The standard InChI is InChI=1S/C13H12OS/c1-10(9-14)15-13-7-6-11-4-2-3-5-12(11)8-13/h2-10H,1H3. The van der Waals surface area contributed by atoms with Crippen LogP contribution in [-0.4, -0.2) is 11.5 Å². The lowest BCUT2D eigenvalue weighted by Crippen LogP contribution is -1.95. The molecule has 0 bridgehead atoms. The molecule has 0 radical (unpaired) electrons. The van der Waals surface area contributed by atoms with Gasteiger partial charge in [-0.1, -0.05) is 30.3 Å². The summed E-state index contributed by atoms with van der Waals surface area (Å²) in [5.41, 5.74) is 0. The number of thioether (sulfide) groups is 1. The van der Waals surface area contributed by atoms with Gasteiger partial charge in [0.2, 0.25) is 0 Å². The van der Waals surface area contributed by atoms with E-state index in [9.17, 15) is 4.79 Å². The van der Waals surface area contributed by atoms with Gasteiger partial charge >= 0.3 is 0 Å². The van der Waals surface area contributed by atoms with Gasteiger partial charge in [-0.2, -0.15) is 0 Å². The first-order valence-corrected chi connectivity index (χ1v) is 5.78. The predicted molar refractivity (Wildman–Crippen MR) is 65.3 cm³/mol. The van der Waals surface area contributed by atoms with E-state index in [-0.39, 0.29) is 5.25 Å². The highest BCUT2D eigenvalue weighted by Crippen LogP contribution is 2.25. The number of benzene rings is 2. The maximum atomic E-state index is 10.6. The Balaban J connectivity index is 2.34. The van der Waals surface area contributed by atoms with Gasteiger partial charge in [-0.15, -0.1) is 11.8 Å². The second-order valence-corrected chi connectivity index (χ2v) is 4.92. The van der Waals surface area contributed by atoms with Crippen molar-refractivity contribution in [2.45, 2.75) is 17.1 Å². The highest BCUT2D eigenvalue weighted by Gasteiger charge is 2.02. The quantitative estimate of drug-likeness (QED) is 0.577. The van der Waals surface area contributed by atoms with Gasteiger partial charge in [-0.25, -0.2) is 0 Å². The van der Waals surface area contributed by atoms with Gasteiger partial charge in [0, 0.05) is 4.90 Å². The average molecular weight is 216 g/mol. The molecule has 2 heteroatoms. The molecular formula is C13H12OS. The lowest BCUT2D eigenvalue weighted by atomic mass is 10.1. The number of carbonyl (C=O) groups excluding carboxylic acids is 1. The van der Waals surface area contributed by atoms with Crippen molar-refractivity contribution in [2.75, 3.05) is 0 Å². The highest BCUT2D eigenvalue weighted by atomic mass is 32.2. The molecule has 0 saturated carbocycles. The lowest BCUT2D eigenvalue weighted by molar-refractivity contribution is -0.107. The maximum absolute atomic E-state index is 10.6. The predicted octanol–water partition coefficient (Wildman–Crippen LogP) is 3.52. The van der Waals surface area contributed by atoms with E-state index >= 15 is 0 Å². The smallest absolute Gasteiger partial charge is 0.133 e. The Kier molecular flexibility index (Phi) is 3.07. The molecule has 0 aliphatic rings. The maximum Gasteiger partial charge on any atom is 0.133 e. The Morgan fingerprint density at radius 3 is 2.60 bits per heavy atom. The molecule has 1 unspecified atom stereocenters. The molecule has 76 valence electrons. The fourth-order valence-electron chi connectivity index (χ4n) is 1.48. The Bertz CT molecular complexity index is 479. The van der Waals surface area contributed by atoms with Gasteiger partial charge in [0.25, 0.3) is 0 Å². The second kappa shape index (κ2) is 4.49. The molecule has 0 spiro atoms. The van der Waals surface area contributed by atoms with Crippen molar-refractivity contribution in [2.24, 2.45) is 0 Å². The largest absolute Gasteiger partial charge is 0.302 e. The molecule has 15 heavy (non-hydrogen) atoms. The van der Waals surface area contributed by atoms with E-state index in [1.807, 2.05) is 19.1 Å². The van der Waals surface area contributed by atoms with Crippen molar-refractivity contribution < 1.29 is 4.79 Å². The SMILES string of the molecule is CC(C=O)Sc1ccc2ccccc2c1. The molecule has 2 aromatic carbocycles. The second-order valence-electron chi connectivity index (χ2n) is 3.47. The third kappa shape index (κ3) is 2.39. The number of hydrogen-bond donors (Lipinski definition) is 0. The minimum atomic E-state index is 0.0196. The van der Waals surface area contributed by atoms with Gasteiger partial charge in [0.15, 0.2) is 0 Å². The van der Waals surface area contributed by atoms with Crippen LogP contribution < -0.4 is 0 Å². The molecule has 2 rings (SSSR count). The first-order chi connectivity index (χ1) is 7.29. The van der Waals surface area contributed by atoms with Crippen LogP contribution in [0.3, 0.4) is 0 Å². The number of carbonyl (C=O) groups is 1. The van der Waals surface area contributed by atoms with Gasteiger partial charge in [0.05, 0.1) is 5.25 Å². The van der Waals surface area contributed by atoms with Crippen LogP contribution in [0, 0.1) is 0 Å². The normalized spacial score (nSPS) is 12.6. The molecule has 0 fully saturated rings. The number of rotatable bonds is 3. The van der Waals surface area contributed by atoms with E-state index in [1.165, 1.54) is 10.8 Å². The van der Waals surface area contributed by atoms with E-state index < -0.39 is 0 Å². The van der Waals surface area contributed by atoms with Gasteiger partial charge in [-0.05, 0) is 29.8 Å². The first kappa shape index (κ1) is 10.2. The Hall–Kier alpha value is -1.28. The monoisotopic (exact) mass is 216 g/mol. The fourth-order valence-corrected chi connectivity index (χ4v) is 2.31. The van der Waals surface area contributed by atoms with Crippen LogP contribution in [-0.2, 0) is 4.79 Å². The zero-order valence-corrected chi connectivity index (χ0v) is 9.33. The molecule has 0 aromatic heterocycles. The minimum absolute atomic E-state index is 0.0196. The lowest BCUT2D eigenvalue weighted by Gasteiger charge is -2.05. The van der Waals surface area contributed by atoms with Crippen LogP contribution >= 0.6 is 11.8 Å². The third-order valence-corrected chi connectivity index (χ3v) is 3.24. The number of fused-ring (bicyclic) bond motifs is 1. The topological polar surface area (TPSA) is 17.1 Å². The molecule has 1 atom stereocenters. The van der Waals surface area contributed by atoms with Gasteiger partial charge in [-0.3, -0.25) is 0 Å². The van der Waals surface area contributed by atoms with Crippen molar-refractivity contribution >= 4 is 28.8 Å². The van der Waals surface area contributed by atoms with Crippen LogP contribution in [0.25, 0.3) is 10.8 Å². The van der Waals surface area contributed by atoms with Crippen molar-refractivity contribution in [1.29, 1.82) is 0 Å². The number of aldehydes is 1. The van der Waals surface area contributed by atoms with E-state index in [0.29, 0.717) is 0 Å². The summed E-state index contributed by atoms with van der Waals surface area (Å²) in [5, 5.41) is 2.48. The van der Waals surface area contributed by atoms with Gasteiger partial charge < -0.3 is 4.79 Å². The Labute approximate surface area is 93.5 Å². The van der Waals surface area contributed by atoms with Crippen molar-refractivity contribution in [3.05, 3.63) is 42.5 Å². The summed E-state index contributed by atoms with van der Waals surface area (Å²) in [6, 6.07) is 14.5. The molecule has 0 amide bonds. The summed E-state index contributed by atoms with van der Waals surface area (Å²) in [6.07, 6.45) is 0.972. The average Bonchev–Trinajstić information content (AvgIpc) is 2.29. The van der Waals surface area contributed by atoms with Crippen LogP contribution in [0.2, 0.25) is 0 Å². The molecule has 0 heterocycles. The Morgan fingerprint density at radius 2 is 1.87 bits per heavy atom. The van der Waals surface area contributed by atoms with Crippen molar-refractivity contribution in [3.8, 4) is 0 Å². The molecule has 2 aromatic rings. The molecule has 0 aliphatic carbocycles. The molecule has 0 saturated heterocycles. The minimum Gasteiger partial charge on any atom is -0.302 e. The summed E-state index contributed by atoms with van der Waals surface area (Å²) >= 11 is 1.59. The van der Waals surface area contributed by atoms with Crippen LogP contribution in [0.15, 0.2) is 47.4 Å². The number of hydrogen-bond acceptors (Lipinski definition) is 2. The van der Waals surface area contributed by atoms with E-state index in [1.54, 1.807) is 11.8 Å². The zero-order chi connectivity index (χ0) is 10.7. The molecular weight excluding hydrogens is 204 g/mol. The summed E-state index contributed by atoms with van der Waals surface area (Å²) in [6.45, 7) is 1.91. The Morgan fingerprint density at radius 1 is 1.13 bits per heavy atom. The van der Waals surface area contributed by atoms with Crippen molar-refractivity contribution in [3.63, 3.8) is 0 Å². The summed E-state index contributed by atoms with van der Waals surface area (Å²) in [7, 11) is 0.